The fourth-order valence-corrected chi connectivity index (χ4v) is 1.69. The highest BCUT2D eigenvalue weighted by molar-refractivity contribution is 6.39. The van der Waals surface area contributed by atoms with Crippen LogP contribution in [0, 0.1) is 0 Å². The lowest BCUT2D eigenvalue weighted by atomic mass is 10.3. The smallest absolute Gasteiger partial charge is 0.320 e. The minimum Gasteiger partial charge on any atom is -0.406 e. The van der Waals surface area contributed by atoms with E-state index in [4.69, 9.17) is 33.4 Å². The summed E-state index contributed by atoms with van der Waals surface area (Å²) in [5, 5.41) is 11.4. The van der Waals surface area contributed by atoms with Gasteiger partial charge in [0.25, 0.3) is 0 Å². The van der Waals surface area contributed by atoms with Crippen molar-refractivity contribution in [2.75, 3.05) is 5.32 Å². The summed E-state index contributed by atoms with van der Waals surface area (Å²) in [6, 6.07) is 5.04. The molecule has 0 fully saturated rings. The van der Waals surface area contributed by atoms with E-state index in [1.807, 2.05) is 0 Å². The van der Waals surface area contributed by atoms with Crippen LogP contribution in [0.25, 0.3) is 0 Å². The van der Waals surface area contributed by atoms with Gasteiger partial charge in [-0.25, -0.2) is 0 Å². The van der Waals surface area contributed by atoms with Crippen LogP contribution < -0.4 is 11.1 Å². The monoisotopic (exact) mass is 272 g/mol. The molecule has 1 aromatic heterocycles. The number of para-hydroxylation sites is 1. The lowest BCUT2D eigenvalue weighted by Crippen LogP contribution is -2.04. The molecule has 1 unspecified atom stereocenters. The summed E-state index contributed by atoms with van der Waals surface area (Å²) in [6.07, 6.45) is 0. The number of benzene rings is 1. The van der Waals surface area contributed by atoms with E-state index in [0.717, 1.165) is 0 Å². The van der Waals surface area contributed by atoms with E-state index in [1.54, 1.807) is 25.1 Å². The maximum absolute atomic E-state index is 5.99. The molecule has 3 N–H and O–H groups in total. The van der Waals surface area contributed by atoms with Crippen molar-refractivity contribution in [1.29, 1.82) is 0 Å². The number of hydrogen-bond donors (Lipinski definition) is 2. The predicted molar refractivity (Wildman–Crippen MR) is 66.6 cm³/mol. The van der Waals surface area contributed by atoms with Gasteiger partial charge in [0.05, 0.1) is 21.8 Å². The zero-order valence-electron chi connectivity index (χ0n) is 8.95. The molecule has 2 rings (SSSR count). The highest BCUT2D eigenvalue weighted by Gasteiger charge is 2.12. The normalized spacial score (nSPS) is 12.5. The van der Waals surface area contributed by atoms with Crippen molar-refractivity contribution < 1.29 is 4.42 Å². The second kappa shape index (κ2) is 4.91. The topological polar surface area (TPSA) is 77.0 Å². The second-order valence-electron chi connectivity index (χ2n) is 3.46. The molecule has 17 heavy (non-hydrogen) atoms. The molecule has 0 bridgehead atoms. The van der Waals surface area contributed by atoms with E-state index in [0.29, 0.717) is 21.6 Å². The molecule has 1 aromatic carbocycles. The van der Waals surface area contributed by atoms with Gasteiger partial charge in [-0.1, -0.05) is 34.4 Å². The number of halogens is 2. The summed E-state index contributed by atoms with van der Waals surface area (Å²) in [4.78, 5) is 0. The highest BCUT2D eigenvalue weighted by Crippen LogP contribution is 2.32. The summed E-state index contributed by atoms with van der Waals surface area (Å²) in [5.74, 6) is 0.343. The minimum atomic E-state index is -0.320. The maximum atomic E-state index is 5.99. The first-order valence-electron chi connectivity index (χ1n) is 4.88. The molecule has 5 nitrogen and oxygen atoms in total. The molecule has 7 heteroatoms. The number of nitrogens with zero attached hydrogens (tertiary/aromatic N) is 2. The predicted octanol–water partition coefficient (Wildman–Crippen LogP) is 3.14. The van der Waals surface area contributed by atoms with Gasteiger partial charge in [-0.05, 0) is 19.1 Å². The number of anilines is 2. The van der Waals surface area contributed by atoms with Crippen molar-refractivity contribution in [1.82, 2.24) is 10.2 Å². The molecule has 1 atom stereocenters. The average molecular weight is 273 g/mol. The number of hydrogen-bond acceptors (Lipinski definition) is 5. The molecule has 0 amide bonds. The molecule has 0 spiro atoms. The number of aromatic nitrogens is 2. The van der Waals surface area contributed by atoms with Gasteiger partial charge >= 0.3 is 6.01 Å². The maximum Gasteiger partial charge on any atom is 0.320 e. The quantitative estimate of drug-likeness (QED) is 0.898. The van der Waals surface area contributed by atoms with E-state index < -0.39 is 0 Å². The molecular weight excluding hydrogens is 263 g/mol. The van der Waals surface area contributed by atoms with Crippen LogP contribution in [0.3, 0.4) is 0 Å². The van der Waals surface area contributed by atoms with Gasteiger partial charge < -0.3 is 15.5 Å². The largest absolute Gasteiger partial charge is 0.406 e. The first kappa shape index (κ1) is 12.2. The van der Waals surface area contributed by atoms with Crippen LogP contribution in [0.1, 0.15) is 18.9 Å². The van der Waals surface area contributed by atoms with Gasteiger partial charge in [-0.15, -0.1) is 5.10 Å². The lowest BCUT2D eigenvalue weighted by molar-refractivity contribution is 0.475. The Balaban J connectivity index is 2.25. The van der Waals surface area contributed by atoms with Crippen molar-refractivity contribution in [2.24, 2.45) is 5.73 Å². The lowest BCUT2D eigenvalue weighted by Gasteiger charge is -2.05. The Bertz CT molecular complexity index is 507. The molecule has 0 radical (unpaired) electrons. The number of rotatable bonds is 3. The Hall–Kier alpha value is -1.30. The third-order valence-electron chi connectivity index (χ3n) is 2.02. The third kappa shape index (κ3) is 2.69. The highest BCUT2D eigenvalue weighted by atomic mass is 35.5. The van der Waals surface area contributed by atoms with Crippen LogP contribution in [0.4, 0.5) is 11.7 Å². The van der Waals surface area contributed by atoms with Crippen LogP contribution >= 0.6 is 23.2 Å². The first-order valence-corrected chi connectivity index (χ1v) is 5.63. The summed E-state index contributed by atoms with van der Waals surface area (Å²) < 4.78 is 5.28. The van der Waals surface area contributed by atoms with Crippen molar-refractivity contribution in [2.45, 2.75) is 13.0 Å². The van der Waals surface area contributed by atoms with E-state index in [-0.39, 0.29) is 12.1 Å². The standard InChI is InChI=1S/C10H10Cl2N4O/c1-5(13)9-15-16-10(17-9)14-8-6(11)3-2-4-7(8)12/h2-5H,13H2,1H3,(H,14,16). The van der Waals surface area contributed by atoms with Crippen molar-refractivity contribution in [3.8, 4) is 0 Å². The summed E-state index contributed by atoms with van der Waals surface area (Å²) in [6.45, 7) is 1.75. The average Bonchev–Trinajstić information content (AvgIpc) is 2.72. The van der Waals surface area contributed by atoms with Gasteiger partial charge in [0.1, 0.15) is 0 Å². The van der Waals surface area contributed by atoms with E-state index >= 15 is 0 Å². The third-order valence-corrected chi connectivity index (χ3v) is 2.65. The van der Waals surface area contributed by atoms with Crippen LogP contribution in [0.15, 0.2) is 22.6 Å². The van der Waals surface area contributed by atoms with Crippen LogP contribution in [-0.4, -0.2) is 10.2 Å². The van der Waals surface area contributed by atoms with E-state index in [2.05, 4.69) is 15.5 Å². The van der Waals surface area contributed by atoms with Crippen LogP contribution in [-0.2, 0) is 0 Å². The summed E-state index contributed by atoms with van der Waals surface area (Å²) in [5.41, 5.74) is 6.13. The SMILES string of the molecule is CC(N)c1nnc(Nc2c(Cl)cccc2Cl)o1. The van der Waals surface area contributed by atoms with Gasteiger partial charge in [-0.2, -0.15) is 0 Å². The molecule has 0 saturated heterocycles. The molecule has 0 aliphatic heterocycles. The fraction of sp³-hybridized carbons (Fsp3) is 0.200. The van der Waals surface area contributed by atoms with Gasteiger partial charge in [0, 0.05) is 0 Å². The second-order valence-corrected chi connectivity index (χ2v) is 4.27. The molecule has 1 heterocycles. The Morgan fingerprint density at radius 3 is 2.47 bits per heavy atom. The zero-order valence-corrected chi connectivity index (χ0v) is 10.5. The molecular formula is C10H10Cl2N4O. The summed E-state index contributed by atoms with van der Waals surface area (Å²) >= 11 is 12.0. The summed E-state index contributed by atoms with van der Waals surface area (Å²) in [7, 11) is 0. The van der Waals surface area contributed by atoms with E-state index in [9.17, 15) is 0 Å². The Morgan fingerprint density at radius 2 is 1.94 bits per heavy atom. The molecule has 2 aromatic rings. The number of nitrogens with two attached hydrogens (primary N) is 1. The van der Waals surface area contributed by atoms with Gasteiger partial charge in [0.2, 0.25) is 5.89 Å². The fourth-order valence-electron chi connectivity index (χ4n) is 1.19. The van der Waals surface area contributed by atoms with Crippen LogP contribution in [0.2, 0.25) is 10.0 Å². The van der Waals surface area contributed by atoms with Crippen molar-refractivity contribution >= 4 is 34.9 Å². The van der Waals surface area contributed by atoms with Gasteiger partial charge in [-0.3, -0.25) is 0 Å². The van der Waals surface area contributed by atoms with Gasteiger partial charge in [0.15, 0.2) is 0 Å². The van der Waals surface area contributed by atoms with Crippen molar-refractivity contribution in [3.05, 3.63) is 34.1 Å². The first-order chi connectivity index (χ1) is 8.08. The van der Waals surface area contributed by atoms with E-state index in [1.165, 1.54) is 0 Å². The Morgan fingerprint density at radius 1 is 1.29 bits per heavy atom. The van der Waals surface area contributed by atoms with Crippen LogP contribution in [0.5, 0.6) is 0 Å². The molecule has 90 valence electrons. The minimum absolute atomic E-state index is 0.201. The molecule has 0 aliphatic rings. The molecule has 0 aliphatic carbocycles. The van der Waals surface area contributed by atoms with Crippen molar-refractivity contribution in [3.63, 3.8) is 0 Å². The Kier molecular flexibility index (Phi) is 3.51. The Labute approximate surface area is 108 Å². The molecule has 0 saturated carbocycles. The zero-order chi connectivity index (χ0) is 12.4. The number of nitrogens with one attached hydrogen (secondary N) is 1.